The van der Waals surface area contributed by atoms with Crippen molar-refractivity contribution < 1.29 is 10.4 Å². The summed E-state index contributed by atoms with van der Waals surface area (Å²) in [6.45, 7) is 3.99. The van der Waals surface area contributed by atoms with Gasteiger partial charge in [-0.25, -0.2) is 10.2 Å². The van der Waals surface area contributed by atoms with E-state index in [4.69, 9.17) is 0 Å². The minimum atomic E-state index is -0.683. The molecule has 1 aromatic rings. The number of rotatable bonds is 2. The zero-order valence-electron chi connectivity index (χ0n) is 10.7. The summed E-state index contributed by atoms with van der Waals surface area (Å²) in [6.07, 6.45) is 2.26. The Morgan fingerprint density at radius 1 is 1.33 bits per heavy atom. The van der Waals surface area contributed by atoms with E-state index in [1.807, 2.05) is 30.3 Å². The molecule has 1 aromatic carbocycles. The molecule has 0 aliphatic carbocycles. The Kier molecular flexibility index (Phi) is 3.35. The average Bonchev–Trinajstić information content (AvgIpc) is 2.94. The maximum Gasteiger partial charge on any atom is 0.199 e. The molecule has 2 atom stereocenters. The van der Waals surface area contributed by atoms with Crippen LogP contribution in [0.1, 0.15) is 18.4 Å². The quantitative estimate of drug-likeness (QED) is 0.656. The molecular formula is C14H22N3O+. The van der Waals surface area contributed by atoms with Crippen molar-refractivity contribution in [2.24, 2.45) is 0 Å². The lowest BCUT2D eigenvalue weighted by Gasteiger charge is -2.40. The van der Waals surface area contributed by atoms with E-state index in [2.05, 4.69) is 15.5 Å². The molecule has 0 aromatic heterocycles. The summed E-state index contributed by atoms with van der Waals surface area (Å²) in [4.78, 5) is 2.36. The number of likely N-dealkylation sites (tertiary alicyclic amines) is 1. The Bertz CT molecular complexity index is 391. The number of benzene rings is 1. The van der Waals surface area contributed by atoms with Gasteiger partial charge in [-0.3, -0.25) is 0 Å². The third kappa shape index (κ3) is 2.29. The van der Waals surface area contributed by atoms with Crippen molar-refractivity contribution in [3.8, 4) is 0 Å². The molecule has 2 heterocycles. The summed E-state index contributed by atoms with van der Waals surface area (Å²) in [5, 5.41) is 16.7. The largest absolute Gasteiger partial charge is 0.384 e. The number of β-amino-alcohol motifs (C(OH)–C–C–N with tert-alkyl or cyclic N) is 1. The van der Waals surface area contributed by atoms with Crippen LogP contribution in [0, 0.1) is 0 Å². The molecule has 0 bridgehead atoms. The lowest BCUT2D eigenvalue weighted by molar-refractivity contribution is -0.692. The monoisotopic (exact) mass is 248 g/mol. The highest BCUT2D eigenvalue weighted by Gasteiger charge is 2.39. The molecule has 0 saturated carbocycles. The second-order valence-corrected chi connectivity index (χ2v) is 5.39. The summed E-state index contributed by atoms with van der Waals surface area (Å²) in [5.74, 6) is 0. The number of piperidine rings is 1. The van der Waals surface area contributed by atoms with Gasteiger partial charge in [0.15, 0.2) is 6.29 Å². The predicted octanol–water partition coefficient (Wildman–Crippen LogP) is -0.580. The van der Waals surface area contributed by atoms with Crippen molar-refractivity contribution in [2.75, 3.05) is 26.2 Å². The van der Waals surface area contributed by atoms with Crippen molar-refractivity contribution in [3.63, 3.8) is 0 Å². The van der Waals surface area contributed by atoms with E-state index in [1.54, 1.807) is 0 Å². The predicted molar refractivity (Wildman–Crippen MR) is 69.7 cm³/mol. The summed E-state index contributed by atoms with van der Waals surface area (Å²) in [7, 11) is 0. The molecule has 2 saturated heterocycles. The minimum Gasteiger partial charge on any atom is -0.384 e. The zero-order valence-corrected chi connectivity index (χ0v) is 10.7. The van der Waals surface area contributed by atoms with Crippen molar-refractivity contribution in [3.05, 3.63) is 35.9 Å². The van der Waals surface area contributed by atoms with E-state index >= 15 is 0 Å². The first-order chi connectivity index (χ1) is 8.78. The third-order valence-corrected chi connectivity index (χ3v) is 4.09. The fourth-order valence-corrected chi connectivity index (χ4v) is 3.12. The van der Waals surface area contributed by atoms with Crippen LogP contribution in [-0.2, 0) is 5.60 Å². The molecule has 0 amide bonds. The number of hydrogen-bond acceptors (Lipinski definition) is 3. The highest BCUT2D eigenvalue weighted by atomic mass is 16.3. The molecular weight excluding hydrogens is 226 g/mol. The van der Waals surface area contributed by atoms with Gasteiger partial charge in [-0.05, 0) is 18.4 Å². The number of aliphatic hydroxyl groups is 1. The number of nitrogens with two attached hydrogens (primary N) is 1. The van der Waals surface area contributed by atoms with Crippen LogP contribution in [0.4, 0.5) is 0 Å². The fourth-order valence-electron chi connectivity index (χ4n) is 3.12. The van der Waals surface area contributed by atoms with E-state index in [1.165, 1.54) is 0 Å². The van der Waals surface area contributed by atoms with Crippen molar-refractivity contribution >= 4 is 0 Å². The molecule has 2 fully saturated rings. The van der Waals surface area contributed by atoms with E-state index < -0.39 is 5.60 Å². The van der Waals surface area contributed by atoms with Crippen LogP contribution < -0.4 is 10.6 Å². The molecule has 18 heavy (non-hydrogen) atoms. The van der Waals surface area contributed by atoms with Crippen LogP contribution >= 0.6 is 0 Å². The second kappa shape index (κ2) is 4.97. The molecule has 2 aliphatic heterocycles. The van der Waals surface area contributed by atoms with E-state index in [0.29, 0.717) is 6.29 Å². The molecule has 2 unspecified atom stereocenters. The summed E-state index contributed by atoms with van der Waals surface area (Å²) in [6, 6.07) is 10.1. The first-order valence-electron chi connectivity index (χ1n) is 6.87. The third-order valence-electron chi connectivity index (χ3n) is 4.09. The fraction of sp³-hybridized carbons (Fsp3) is 0.571. The molecule has 2 aliphatic rings. The smallest absolute Gasteiger partial charge is 0.199 e. The number of quaternary nitrogens is 1. The molecule has 4 N–H and O–H groups in total. The molecule has 0 spiro atoms. The van der Waals surface area contributed by atoms with E-state index in [9.17, 15) is 5.11 Å². The number of nitrogens with zero attached hydrogens (tertiary/aromatic N) is 1. The van der Waals surface area contributed by atoms with Gasteiger partial charge in [0.2, 0.25) is 0 Å². The van der Waals surface area contributed by atoms with Crippen LogP contribution in [0.2, 0.25) is 0 Å². The lowest BCUT2D eigenvalue weighted by atomic mass is 9.86. The SMILES string of the molecule is OC1(c2ccccc2)CCCN(C2NCC[NH2+]2)C1. The number of nitrogens with one attached hydrogen (secondary N) is 1. The van der Waals surface area contributed by atoms with Gasteiger partial charge in [0, 0.05) is 13.1 Å². The van der Waals surface area contributed by atoms with Crippen LogP contribution in [0.3, 0.4) is 0 Å². The van der Waals surface area contributed by atoms with Crippen LogP contribution in [-0.4, -0.2) is 42.5 Å². The van der Waals surface area contributed by atoms with Gasteiger partial charge in [-0.1, -0.05) is 30.3 Å². The first kappa shape index (κ1) is 12.1. The number of hydrogen-bond donors (Lipinski definition) is 3. The topological polar surface area (TPSA) is 52.1 Å². The second-order valence-electron chi connectivity index (χ2n) is 5.39. The maximum absolute atomic E-state index is 10.9. The van der Waals surface area contributed by atoms with Crippen molar-refractivity contribution in [1.29, 1.82) is 0 Å². The Hall–Kier alpha value is -0.940. The summed E-state index contributed by atoms with van der Waals surface area (Å²) < 4.78 is 0. The van der Waals surface area contributed by atoms with Crippen molar-refractivity contribution in [2.45, 2.75) is 24.7 Å². The van der Waals surface area contributed by atoms with Crippen molar-refractivity contribution in [1.82, 2.24) is 10.2 Å². The summed E-state index contributed by atoms with van der Waals surface area (Å²) >= 11 is 0. The average molecular weight is 248 g/mol. The summed E-state index contributed by atoms with van der Waals surface area (Å²) in [5.41, 5.74) is 0.366. The van der Waals surface area contributed by atoms with Gasteiger partial charge >= 0.3 is 0 Å². The van der Waals surface area contributed by atoms with Gasteiger partial charge in [0.25, 0.3) is 0 Å². The molecule has 3 rings (SSSR count). The van der Waals surface area contributed by atoms with Gasteiger partial charge in [-0.2, -0.15) is 0 Å². The zero-order chi connectivity index (χ0) is 12.4. The van der Waals surface area contributed by atoms with E-state index in [0.717, 1.165) is 44.6 Å². The highest BCUT2D eigenvalue weighted by molar-refractivity contribution is 5.23. The van der Waals surface area contributed by atoms with E-state index in [-0.39, 0.29) is 0 Å². The van der Waals surface area contributed by atoms with Gasteiger partial charge < -0.3 is 10.4 Å². The Morgan fingerprint density at radius 3 is 2.89 bits per heavy atom. The normalized spacial score (nSPS) is 33.7. The first-order valence-corrected chi connectivity index (χ1v) is 6.87. The van der Waals surface area contributed by atoms with Crippen LogP contribution in [0.5, 0.6) is 0 Å². The molecule has 4 nitrogen and oxygen atoms in total. The molecule has 98 valence electrons. The standard InChI is InChI=1S/C14H21N3O/c18-14(12-5-2-1-3-6-12)7-4-10-17(11-14)13-15-8-9-16-13/h1-3,5-6,13,15-16,18H,4,7-11H2/p+1. The van der Waals surface area contributed by atoms with Crippen LogP contribution in [0.25, 0.3) is 0 Å². The molecule has 0 radical (unpaired) electrons. The molecule has 4 heteroatoms. The van der Waals surface area contributed by atoms with Gasteiger partial charge in [-0.15, -0.1) is 0 Å². The Morgan fingerprint density at radius 2 is 2.17 bits per heavy atom. The Labute approximate surface area is 108 Å². The van der Waals surface area contributed by atoms with Gasteiger partial charge in [0.1, 0.15) is 5.60 Å². The Balaban J connectivity index is 1.76. The van der Waals surface area contributed by atoms with Gasteiger partial charge in [0.05, 0.1) is 13.1 Å². The lowest BCUT2D eigenvalue weighted by Crippen LogP contribution is -2.92. The highest BCUT2D eigenvalue weighted by Crippen LogP contribution is 2.31. The minimum absolute atomic E-state index is 0.348. The van der Waals surface area contributed by atoms with Crippen LogP contribution in [0.15, 0.2) is 30.3 Å². The maximum atomic E-state index is 10.9.